The molecule has 6 heteroatoms. The van der Waals surface area contributed by atoms with E-state index in [4.69, 9.17) is 8.83 Å². The van der Waals surface area contributed by atoms with Gasteiger partial charge in [-0.3, -0.25) is 0 Å². The van der Waals surface area contributed by atoms with Gasteiger partial charge < -0.3 is 19.0 Å². The molecule has 0 saturated heterocycles. The third kappa shape index (κ3) is 5.24. The van der Waals surface area contributed by atoms with Crippen molar-refractivity contribution in [3.8, 4) is 34.1 Å². The Morgan fingerprint density at radius 1 is 0.610 bits per heavy atom. The minimum Gasteiger partial charge on any atom is -0.508 e. The SMILES string of the molecule is CCc1ccc(CCCc2ccccc2-c2cc3ccc(O)cc3c(=O)o2)cc1-c1cc2ccc(O)cc2c(=O)o1. The van der Waals surface area contributed by atoms with E-state index in [2.05, 4.69) is 25.1 Å². The Labute approximate surface area is 235 Å². The first-order valence-corrected chi connectivity index (χ1v) is 13.6. The Bertz CT molecular complexity index is 2030. The average Bonchev–Trinajstić information content (AvgIpc) is 2.98. The van der Waals surface area contributed by atoms with Crippen LogP contribution in [0.2, 0.25) is 0 Å². The van der Waals surface area contributed by atoms with Gasteiger partial charge in [0, 0.05) is 11.1 Å². The van der Waals surface area contributed by atoms with Crippen molar-refractivity contribution in [2.75, 3.05) is 0 Å². The fraction of sp³-hybridized carbons (Fsp3) is 0.143. The maximum atomic E-state index is 12.7. The van der Waals surface area contributed by atoms with Crippen LogP contribution in [0.1, 0.15) is 30.0 Å². The summed E-state index contributed by atoms with van der Waals surface area (Å²) in [5.74, 6) is 1.06. The average molecular weight is 545 g/mol. The van der Waals surface area contributed by atoms with Crippen molar-refractivity contribution in [3.63, 3.8) is 0 Å². The molecular formula is C35H28O6. The molecule has 0 atom stereocenters. The minimum absolute atomic E-state index is 0.0242. The maximum Gasteiger partial charge on any atom is 0.344 e. The van der Waals surface area contributed by atoms with Crippen molar-refractivity contribution in [1.82, 2.24) is 0 Å². The van der Waals surface area contributed by atoms with Crippen LogP contribution in [-0.4, -0.2) is 10.2 Å². The monoisotopic (exact) mass is 544 g/mol. The number of rotatable bonds is 7. The molecule has 0 fully saturated rings. The topological polar surface area (TPSA) is 101 Å². The van der Waals surface area contributed by atoms with Crippen LogP contribution in [-0.2, 0) is 19.3 Å². The molecule has 2 heterocycles. The molecule has 6 aromatic rings. The van der Waals surface area contributed by atoms with Crippen molar-refractivity contribution in [2.45, 2.75) is 32.6 Å². The summed E-state index contributed by atoms with van der Waals surface area (Å²) in [4.78, 5) is 25.3. The summed E-state index contributed by atoms with van der Waals surface area (Å²) in [6.45, 7) is 2.07. The van der Waals surface area contributed by atoms with Crippen LogP contribution in [0, 0.1) is 0 Å². The highest BCUT2D eigenvalue weighted by Crippen LogP contribution is 2.30. The molecule has 204 valence electrons. The van der Waals surface area contributed by atoms with Crippen molar-refractivity contribution in [1.29, 1.82) is 0 Å². The fourth-order valence-corrected chi connectivity index (χ4v) is 5.39. The van der Waals surface area contributed by atoms with Crippen LogP contribution in [0.3, 0.4) is 0 Å². The second-order valence-corrected chi connectivity index (χ2v) is 10.2. The molecule has 0 aliphatic rings. The van der Waals surface area contributed by atoms with Gasteiger partial charge in [-0.1, -0.05) is 55.5 Å². The molecule has 0 aliphatic heterocycles. The Kier molecular flexibility index (Phi) is 6.89. The zero-order chi connectivity index (χ0) is 28.5. The van der Waals surface area contributed by atoms with Gasteiger partial charge in [-0.05, 0) is 95.6 Å². The second-order valence-electron chi connectivity index (χ2n) is 10.2. The standard InChI is InChI=1S/C35H28O6/c1-2-22-11-10-21(16-29(22)33-18-25-13-15-27(37)20-31(25)35(39)41-33)6-5-8-23-7-3-4-9-28(23)32-17-24-12-14-26(36)19-30(24)34(38)40-32/h3-4,7,9-20,36-37H,2,5-6,8H2,1H3. The lowest BCUT2D eigenvalue weighted by Crippen LogP contribution is -2.02. The zero-order valence-electron chi connectivity index (χ0n) is 22.5. The van der Waals surface area contributed by atoms with Gasteiger partial charge in [0.1, 0.15) is 23.0 Å². The summed E-state index contributed by atoms with van der Waals surface area (Å²) in [5, 5.41) is 21.6. The Hall–Kier alpha value is -5.10. The quantitative estimate of drug-likeness (QED) is 0.217. The highest BCUT2D eigenvalue weighted by molar-refractivity contribution is 5.86. The van der Waals surface area contributed by atoms with Crippen molar-refractivity contribution >= 4 is 21.5 Å². The first-order chi connectivity index (χ1) is 19.9. The first-order valence-electron chi connectivity index (χ1n) is 13.6. The lowest BCUT2D eigenvalue weighted by atomic mass is 9.95. The Morgan fingerprint density at radius 2 is 1.22 bits per heavy atom. The van der Waals surface area contributed by atoms with E-state index in [9.17, 15) is 19.8 Å². The maximum absolute atomic E-state index is 12.7. The van der Waals surface area contributed by atoms with E-state index in [-0.39, 0.29) is 11.5 Å². The molecule has 2 N–H and O–H groups in total. The van der Waals surface area contributed by atoms with Crippen LogP contribution >= 0.6 is 0 Å². The van der Waals surface area contributed by atoms with E-state index in [0.29, 0.717) is 27.7 Å². The zero-order valence-corrected chi connectivity index (χ0v) is 22.5. The highest BCUT2D eigenvalue weighted by Gasteiger charge is 2.14. The molecule has 0 spiro atoms. The molecule has 0 amide bonds. The highest BCUT2D eigenvalue weighted by atomic mass is 16.4. The number of phenols is 2. The molecular weight excluding hydrogens is 516 g/mol. The predicted octanol–water partition coefficient (Wildman–Crippen LogP) is 7.38. The van der Waals surface area contributed by atoms with E-state index in [1.54, 1.807) is 24.3 Å². The number of hydrogen-bond donors (Lipinski definition) is 2. The van der Waals surface area contributed by atoms with Crippen LogP contribution in [0.25, 0.3) is 44.2 Å². The second kappa shape index (κ2) is 10.8. The third-order valence-corrected chi connectivity index (χ3v) is 7.51. The number of hydrogen-bond acceptors (Lipinski definition) is 6. The van der Waals surface area contributed by atoms with Gasteiger partial charge in [0.25, 0.3) is 0 Å². The van der Waals surface area contributed by atoms with Crippen LogP contribution in [0.15, 0.2) is 109 Å². The molecule has 4 aromatic carbocycles. The number of phenolic OH excluding ortho intramolecular Hbond substituents is 2. The molecule has 41 heavy (non-hydrogen) atoms. The minimum atomic E-state index is -0.483. The van der Waals surface area contributed by atoms with Crippen LogP contribution in [0.4, 0.5) is 0 Å². The van der Waals surface area contributed by atoms with Gasteiger partial charge in [0.15, 0.2) is 0 Å². The largest absolute Gasteiger partial charge is 0.508 e. The first kappa shape index (κ1) is 26.1. The van der Waals surface area contributed by atoms with Gasteiger partial charge in [-0.25, -0.2) is 9.59 Å². The molecule has 0 radical (unpaired) electrons. The van der Waals surface area contributed by atoms with Crippen molar-refractivity contribution in [2.24, 2.45) is 0 Å². The Morgan fingerprint density at radius 3 is 1.85 bits per heavy atom. The molecule has 0 aliphatic carbocycles. The van der Waals surface area contributed by atoms with Gasteiger partial charge in [0.05, 0.1) is 10.8 Å². The molecule has 2 aromatic heterocycles. The third-order valence-electron chi connectivity index (χ3n) is 7.51. The summed E-state index contributed by atoms with van der Waals surface area (Å²) in [7, 11) is 0. The lowest BCUT2D eigenvalue weighted by molar-refractivity contribution is 0.475. The fourth-order valence-electron chi connectivity index (χ4n) is 5.39. The summed E-state index contributed by atoms with van der Waals surface area (Å²) in [6, 6.07) is 27.3. The van der Waals surface area contributed by atoms with E-state index in [1.165, 1.54) is 12.1 Å². The van der Waals surface area contributed by atoms with Gasteiger partial charge in [-0.2, -0.15) is 0 Å². The van der Waals surface area contributed by atoms with E-state index < -0.39 is 11.3 Å². The normalized spacial score (nSPS) is 11.3. The van der Waals surface area contributed by atoms with Crippen LogP contribution < -0.4 is 11.3 Å². The summed E-state index contributed by atoms with van der Waals surface area (Å²) in [6.07, 6.45) is 3.22. The Balaban J connectivity index is 1.26. The smallest absolute Gasteiger partial charge is 0.344 e. The van der Waals surface area contributed by atoms with Crippen molar-refractivity contribution < 1.29 is 19.0 Å². The number of aromatic hydroxyl groups is 2. The molecule has 0 saturated carbocycles. The van der Waals surface area contributed by atoms with Crippen molar-refractivity contribution in [3.05, 3.63) is 129 Å². The number of aryl methyl sites for hydroxylation is 3. The molecule has 0 bridgehead atoms. The molecule has 6 nitrogen and oxygen atoms in total. The summed E-state index contributed by atoms with van der Waals surface area (Å²) in [5.41, 5.74) is 4.08. The molecule has 6 rings (SSSR count). The summed E-state index contributed by atoms with van der Waals surface area (Å²) < 4.78 is 11.4. The van der Waals surface area contributed by atoms with Crippen LogP contribution in [0.5, 0.6) is 11.5 Å². The van der Waals surface area contributed by atoms with E-state index in [1.807, 2.05) is 36.4 Å². The molecule has 0 unspecified atom stereocenters. The van der Waals surface area contributed by atoms with E-state index >= 15 is 0 Å². The van der Waals surface area contributed by atoms with Gasteiger partial charge in [-0.15, -0.1) is 0 Å². The van der Waals surface area contributed by atoms with Gasteiger partial charge >= 0.3 is 11.3 Å². The predicted molar refractivity (Wildman–Crippen MR) is 161 cm³/mol. The van der Waals surface area contributed by atoms with Gasteiger partial charge in [0.2, 0.25) is 0 Å². The summed E-state index contributed by atoms with van der Waals surface area (Å²) >= 11 is 0. The number of benzene rings is 4. The van der Waals surface area contributed by atoms with E-state index in [0.717, 1.165) is 58.9 Å². The lowest BCUT2D eigenvalue weighted by Gasteiger charge is -2.12. The number of fused-ring (bicyclic) bond motifs is 2.